The molecule has 0 saturated heterocycles. The van der Waals surface area contributed by atoms with Crippen LogP contribution in [-0.4, -0.2) is 34.5 Å². The van der Waals surface area contributed by atoms with Crippen molar-refractivity contribution in [2.24, 2.45) is 0 Å². The minimum absolute atomic E-state index is 0.125. The number of rotatable bonds is 18. The van der Waals surface area contributed by atoms with Crippen LogP contribution in [0.15, 0.2) is 38.0 Å². The first kappa shape index (κ1) is 27.9. The zero-order chi connectivity index (χ0) is 22.8. The molecule has 3 nitrogen and oxygen atoms in total. The molecule has 4 heteroatoms. The van der Waals surface area contributed by atoms with Crippen LogP contribution in [-0.2, 0) is 13.6 Å². The normalized spacial score (nSPS) is 17.0. The fraction of sp³-hybridized carbons (Fsp3) is 0.704. The Balaban J connectivity index is 3.22. The van der Waals surface area contributed by atoms with Crippen molar-refractivity contribution in [3.05, 3.63) is 38.0 Å². The van der Waals surface area contributed by atoms with Gasteiger partial charge in [-0.3, -0.25) is 0 Å². The molecule has 0 aromatic heterocycles. The van der Waals surface area contributed by atoms with Gasteiger partial charge in [0.2, 0.25) is 0 Å². The highest BCUT2D eigenvalue weighted by Gasteiger charge is 2.49. The lowest BCUT2D eigenvalue weighted by atomic mass is 10.1. The van der Waals surface area contributed by atoms with E-state index in [2.05, 4.69) is 38.1 Å². The molecule has 1 fully saturated rings. The molecule has 0 spiro atoms. The van der Waals surface area contributed by atoms with E-state index in [0.29, 0.717) is 12.1 Å². The fourth-order valence-electron chi connectivity index (χ4n) is 4.32. The third-order valence-electron chi connectivity index (χ3n) is 6.00. The summed E-state index contributed by atoms with van der Waals surface area (Å²) in [6.45, 7) is 14.5. The Morgan fingerprint density at radius 1 is 0.935 bits per heavy atom. The Hall–Kier alpha value is -1.12. The molecule has 1 saturated carbocycles. The van der Waals surface area contributed by atoms with Crippen LogP contribution < -0.4 is 0 Å². The largest absolute Gasteiger partial charge is 0.427 e. The summed E-state index contributed by atoms with van der Waals surface area (Å²) in [5.41, 5.74) is 3.99. The van der Waals surface area contributed by atoms with Crippen LogP contribution in [0.25, 0.3) is 0 Å². The van der Waals surface area contributed by atoms with Crippen molar-refractivity contribution >= 4 is 8.56 Å². The average Bonchev–Trinajstić information content (AvgIpc) is 3.31. The monoisotopic (exact) mass is 446 g/mol. The molecule has 1 aliphatic carbocycles. The standard InChI is InChI=1S/C27H46O3Si/c1-6-10-13-20-25(17-9-4)29-31(24-16-23-28-5,27-21-14-15-22-27)30-26(18-11-7-2)19-12-8-3/h7-9,25-27H,2-4,6,10-15,17-23H2,1,5H3. The van der Waals surface area contributed by atoms with E-state index in [0.717, 1.165) is 51.4 Å². The van der Waals surface area contributed by atoms with Crippen molar-refractivity contribution in [3.63, 3.8) is 0 Å². The molecular formula is C27H46O3Si. The van der Waals surface area contributed by atoms with Crippen LogP contribution in [0.4, 0.5) is 0 Å². The van der Waals surface area contributed by atoms with Gasteiger partial charge in [-0.05, 0) is 51.4 Å². The van der Waals surface area contributed by atoms with Gasteiger partial charge >= 0.3 is 8.56 Å². The summed E-state index contributed by atoms with van der Waals surface area (Å²) in [5, 5.41) is 0. The molecule has 0 bridgehead atoms. The van der Waals surface area contributed by atoms with E-state index in [1.54, 1.807) is 7.11 Å². The van der Waals surface area contributed by atoms with E-state index in [-0.39, 0.29) is 12.2 Å². The Labute approximate surface area is 193 Å². The summed E-state index contributed by atoms with van der Waals surface area (Å²) in [7, 11) is -1.09. The van der Waals surface area contributed by atoms with E-state index < -0.39 is 8.56 Å². The molecule has 0 aliphatic heterocycles. The summed E-state index contributed by atoms with van der Waals surface area (Å²) in [6, 6.07) is 0. The molecule has 1 aliphatic rings. The van der Waals surface area contributed by atoms with Gasteiger partial charge in [0.15, 0.2) is 0 Å². The Morgan fingerprint density at radius 2 is 1.58 bits per heavy atom. The number of ether oxygens (including phenoxy) is 1. The third kappa shape index (κ3) is 10.8. The zero-order valence-corrected chi connectivity index (χ0v) is 21.2. The first-order valence-electron chi connectivity index (χ1n) is 12.3. The van der Waals surface area contributed by atoms with Gasteiger partial charge in [-0.1, -0.05) is 68.7 Å². The molecule has 1 rings (SSSR count). The van der Waals surface area contributed by atoms with Crippen molar-refractivity contribution in [1.82, 2.24) is 0 Å². The first-order valence-corrected chi connectivity index (χ1v) is 14.2. The lowest BCUT2D eigenvalue weighted by Gasteiger charge is -2.37. The second-order valence-corrected chi connectivity index (χ2v) is 11.5. The summed E-state index contributed by atoms with van der Waals surface area (Å²) >= 11 is 0. The average molecular weight is 447 g/mol. The van der Waals surface area contributed by atoms with Crippen molar-refractivity contribution in [1.29, 1.82) is 0 Å². The number of hydrogen-bond acceptors (Lipinski definition) is 3. The maximum absolute atomic E-state index is 7.01. The maximum atomic E-state index is 7.01. The van der Waals surface area contributed by atoms with E-state index in [9.17, 15) is 0 Å². The Bertz CT molecular complexity index is 547. The van der Waals surface area contributed by atoms with Crippen LogP contribution in [0.2, 0.25) is 5.54 Å². The van der Waals surface area contributed by atoms with Crippen LogP contribution in [0.5, 0.6) is 0 Å². The van der Waals surface area contributed by atoms with Crippen molar-refractivity contribution in [2.45, 2.75) is 108 Å². The highest BCUT2D eigenvalue weighted by atomic mass is 28.4. The lowest BCUT2D eigenvalue weighted by molar-refractivity contribution is 0.0691. The van der Waals surface area contributed by atoms with Gasteiger partial charge in [-0.15, -0.1) is 19.7 Å². The zero-order valence-electron chi connectivity index (χ0n) is 20.2. The van der Waals surface area contributed by atoms with E-state index in [1.807, 2.05) is 18.2 Å². The van der Waals surface area contributed by atoms with Gasteiger partial charge in [0.05, 0.1) is 6.10 Å². The minimum atomic E-state index is -2.78. The predicted molar refractivity (Wildman–Crippen MR) is 135 cm³/mol. The topological polar surface area (TPSA) is 27.7 Å². The van der Waals surface area contributed by atoms with Crippen LogP contribution in [0, 0.1) is 11.5 Å². The highest BCUT2D eigenvalue weighted by Crippen LogP contribution is 2.42. The molecule has 0 radical (unpaired) electrons. The van der Waals surface area contributed by atoms with E-state index in [1.165, 1.54) is 32.1 Å². The number of allylic oxidation sites excluding steroid dienone is 2. The molecule has 2 atom stereocenters. The molecular weight excluding hydrogens is 400 g/mol. The number of methoxy groups -OCH3 is 1. The van der Waals surface area contributed by atoms with Gasteiger partial charge < -0.3 is 13.6 Å². The van der Waals surface area contributed by atoms with Gasteiger partial charge in [0.25, 0.3) is 0 Å². The van der Waals surface area contributed by atoms with Crippen LogP contribution >= 0.6 is 0 Å². The maximum Gasteiger partial charge on any atom is 0.427 e. The summed E-state index contributed by atoms with van der Waals surface area (Å²) < 4.78 is 19.3. The minimum Gasteiger partial charge on any atom is -0.382 e. The second kappa shape index (κ2) is 17.4. The smallest absolute Gasteiger partial charge is 0.382 e. The Morgan fingerprint density at radius 3 is 2.13 bits per heavy atom. The van der Waals surface area contributed by atoms with E-state index in [4.69, 9.17) is 13.6 Å². The van der Waals surface area contributed by atoms with Crippen molar-refractivity contribution in [3.8, 4) is 11.5 Å². The first-order chi connectivity index (χ1) is 15.2. The lowest BCUT2D eigenvalue weighted by Crippen LogP contribution is -2.50. The van der Waals surface area contributed by atoms with Crippen LogP contribution in [0.3, 0.4) is 0 Å². The van der Waals surface area contributed by atoms with Gasteiger partial charge in [0.1, 0.15) is 6.61 Å². The molecule has 0 N–H and O–H groups in total. The number of unbranched alkanes of at least 4 members (excludes halogenated alkanes) is 2. The molecule has 0 amide bonds. The van der Waals surface area contributed by atoms with Gasteiger partial charge in [-0.2, -0.15) is 0 Å². The quantitative estimate of drug-likeness (QED) is 0.0948. The summed E-state index contributed by atoms with van der Waals surface area (Å²) in [6.07, 6.45) is 20.3. The summed E-state index contributed by atoms with van der Waals surface area (Å²) in [4.78, 5) is 0. The second-order valence-electron chi connectivity index (χ2n) is 8.62. The molecule has 176 valence electrons. The number of hydrogen-bond donors (Lipinski definition) is 0. The molecule has 0 aromatic carbocycles. The molecule has 0 heterocycles. The molecule has 31 heavy (non-hydrogen) atoms. The van der Waals surface area contributed by atoms with Gasteiger partial charge in [-0.25, -0.2) is 0 Å². The predicted octanol–water partition coefficient (Wildman–Crippen LogP) is 7.42. The van der Waals surface area contributed by atoms with Gasteiger partial charge in [0, 0.05) is 18.8 Å². The van der Waals surface area contributed by atoms with Crippen molar-refractivity contribution in [2.75, 3.05) is 13.7 Å². The highest BCUT2D eigenvalue weighted by molar-refractivity contribution is 6.77. The fourth-order valence-corrected chi connectivity index (χ4v) is 8.01. The molecule has 0 aromatic rings. The van der Waals surface area contributed by atoms with E-state index >= 15 is 0 Å². The van der Waals surface area contributed by atoms with Crippen molar-refractivity contribution < 1.29 is 13.6 Å². The third-order valence-corrected chi connectivity index (χ3v) is 9.54. The van der Waals surface area contributed by atoms with Crippen LogP contribution in [0.1, 0.15) is 90.4 Å². The molecule has 2 unspecified atom stereocenters. The Kier molecular flexibility index (Phi) is 15.7. The SMILES string of the molecule is C=CCCC(CCC=C)O[Si](C#CCOC)(OC(CC=C)CCCCC)C1CCCC1. The summed E-state index contributed by atoms with van der Waals surface area (Å²) in [5.74, 6) is 3.26.